The first-order valence-electron chi connectivity index (χ1n) is 8.29. The van der Waals surface area contributed by atoms with Crippen LogP contribution in [0.2, 0.25) is 0 Å². The summed E-state index contributed by atoms with van der Waals surface area (Å²) >= 11 is 0. The summed E-state index contributed by atoms with van der Waals surface area (Å²) in [5, 5.41) is 13.4. The summed E-state index contributed by atoms with van der Waals surface area (Å²) in [7, 11) is 1.47. The molecule has 0 bridgehead atoms. The van der Waals surface area contributed by atoms with Gasteiger partial charge in [-0.3, -0.25) is 0 Å². The van der Waals surface area contributed by atoms with Gasteiger partial charge >= 0.3 is 0 Å². The number of unbranched alkanes of at least 4 members (excludes halogenated alkanes) is 2. The summed E-state index contributed by atoms with van der Waals surface area (Å²) in [6, 6.07) is -0.656. The summed E-state index contributed by atoms with van der Waals surface area (Å²) in [6.07, 6.45) is 1.44. The molecule has 1 aliphatic heterocycles. The standard InChI is InChI=1S/C15H29N3O5/c1-4-6-8-21-13-11(10-19)23-15(20-3)12(17-18-16)14(13)22-9-7-5-2/h11-15,19H,4-10H2,1-3H3/t11-,12?,13+,14+,15-/m0/s1. The van der Waals surface area contributed by atoms with Crippen LogP contribution in [0.4, 0.5) is 0 Å². The minimum Gasteiger partial charge on any atom is -0.394 e. The van der Waals surface area contributed by atoms with Crippen LogP contribution < -0.4 is 0 Å². The van der Waals surface area contributed by atoms with Crippen LogP contribution in [0.25, 0.3) is 10.4 Å². The molecule has 0 amide bonds. The highest BCUT2D eigenvalue weighted by molar-refractivity contribution is 4.95. The third-order valence-electron chi connectivity index (χ3n) is 3.83. The van der Waals surface area contributed by atoms with Crippen LogP contribution in [0, 0.1) is 0 Å². The minimum atomic E-state index is -0.763. The Labute approximate surface area is 137 Å². The lowest BCUT2D eigenvalue weighted by atomic mass is 9.97. The van der Waals surface area contributed by atoms with Crippen molar-refractivity contribution in [1.29, 1.82) is 0 Å². The number of aliphatic hydroxyl groups excluding tert-OH is 1. The first-order chi connectivity index (χ1) is 11.2. The third kappa shape index (κ3) is 5.91. The number of hydrogen-bond acceptors (Lipinski definition) is 6. The van der Waals surface area contributed by atoms with E-state index < -0.39 is 30.6 Å². The average Bonchev–Trinajstić information content (AvgIpc) is 2.57. The molecule has 1 aliphatic rings. The zero-order valence-corrected chi connectivity index (χ0v) is 14.3. The van der Waals surface area contributed by atoms with Crippen molar-refractivity contribution in [2.45, 2.75) is 70.2 Å². The molecule has 0 saturated carbocycles. The van der Waals surface area contributed by atoms with Crippen molar-refractivity contribution >= 4 is 0 Å². The van der Waals surface area contributed by atoms with Gasteiger partial charge in [-0.1, -0.05) is 31.8 Å². The second kappa shape index (κ2) is 11.6. The van der Waals surface area contributed by atoms with Crippen molar-refractivity contribution in [3.05, 3.63) is 10.4 Å². The molecule has 1 rings (SSSR count). The molecule has 0 radical (unpaired) electrons. The molecule has 0 aromatic carbocycles. The Morgan fingerprint density at radius 1 is 1.13 bits per heavy atom. The fraction of sp³-hybridized carbons (Fsp3) is 1.00. The average molecular weight is 331 g/mol. The largest absolute Gasteiger partial charge is 0.394 e. The Kier molecular flexibility index (Phi) is 10.2. The molecule has 1 saturated heterocycles. The lowest BCUT2D eigenvalue weighted by Gasteiger charge is -2.43. The molecular weight excluding hydrogens is 302 g/mol. The molecule has 0 aliphatic carbocycles. The summed E-state index contributed by atoms with van der Waals surface area (Å²) < 4.78 is 22.8. The molecule has 0 aromatic heterocycles. The van der Waals surface area contributed by atoms with Crippen LogP contribution in [-0.4, -0.2) is 62.7 Å². The fourth-order valence-corrected chi connectivity index (χ4v) is 2.54. The van der Waals surface area contributed by atoms with E-state index in [1.54, 1.807) is 0 Å². The van der Waals surface area contributed by atoms with E-state index in [0.29, 0.717) is 13.2 Å². The maximum Gasteiger partial charge on any atom is 0.168 e. The van der Waals surface area contributed by atoms with Gasteiger partial charge in [0.25, 0.3) is 0 Å². The molecule has 8 nitrogen and oxygen atoms in total. The van der Waals surface area contributed by atoms with Crippen LogP contribution >= 0.6 is 0 Å². The Balaban J connectivity index is 2.93. The van der Waals surface area contributed by atoms with E-state index in [-0.39, 0.29) is 6.61 Å². The van der Waals surface area contributed by atoms with Gasteiger partial charge in [0.1, 0.15) is 18.2 Å². The third-order valence-corrected chi connectivity index (χ3v) is 3.83. The second-order valence-corrected chi connectivity index (χ2v) is 5.53. The van der Waals surface area contributed by atoms with Crippen LogP contribution in [-0.2, 0) is 18.9 Å². The molecule has 1 N–H and O–H groups in total. The van der Waals surface area contributed by atoms with E-state index in [1.165, 1.54) is 7.11 Å². The van der Waals surface area contributed by atoms with Crippen molar-refractivity contribution in [2.24, 2.45) is 5.11 Å². The number of hydrogen-bond donors (Lipinski definition) is 1. The van der Waals surface area contributed by atoms with Crippen molar-refractivity contribution in [3.63, 3.8) is 0 Å². The number of aliphatic hydroxyl groups is 1. The first-order valence-corrected chi connectivity index (χ1v) is 8.29. The highest BCUT2D eigenvalue weighted by atomic mass is 16.7. The molecule has 8 heteroatoms. The summed E-state index contributed by atoms with van der Waals surface area (Å²) in [4.78, 5) is 2.88. The molecule has 1 heterocycles. The van der Waals surface area contributed by atoms with E-state index in [1.807, 2.05) is 0 Å². The first kappa shape index (κ1) is 20.2. The Morgan fingerprint density at radius 3 is 2.22 bits per heavy atom. The molecule has 23 heavy (non-hydrogen) atoms. The predicted molar refractivity (Wildman–Crippen MR) is 85.0 cm³/mol. The SMILES string of the molecule is CCCCO[C@@H]1[C@H](CO)O[C@H](OC)C(N=[N+]=[N-])[C@H]1OCCCC. The Hall–Kier alpha value is -0.890. The van der Waals surface area contributed by atoms with Crippen LogP contribution in [0.1, 0.15) is 39.5 Å². The number of nitrogens with zero attached hydrogens (tertiary/aromatic N) is 3. The summed E-state index contributed by atoms with van der Waals surface area (Å²) in [5.41, 5.74) is 8.85. The zero-order chi connectivity index (χ0) is 17.1. The van der Waals surface area contributed by atoms with Crippen LogP contribution in [0.15, 0.2) is 5.11 Å². The fourth-order valence-electron chi connectivity index (χ4n) is 2.54. The van der Waals surface area contributed by atoms with Crippen molar-refractivity contribution in [2.75, 3.05) is 26.9 Å². The lowest BCUT2D eigenvalue weighted by molar-refractivity contribution is -0.274. The van der Waals surface area contributed by atoms with E-state index in [0.717, 1.165) is 25.7 Å². The molecule has 1 unspecified atom stereocenters. The highest BCUT2D eigenvalue weighted by Crippen LogP contribution is 2.29. The molecule has 0 spiro atoms. The van der Waals surface area contributed by atoms with E-state index in [4.69, 9.17) is 24.5 Å². The van der Waals surface area contributed by atoms with Gasteiger partial charge in [0.15, 0.2) is 6.29 Å². The maximum atomic E-state index is 9.62. The van der Waals surface area contributed by atoms with Crippen LogP contribution in [0.5, 0.6) is 0 Å². The second-order valence-electron chi connectivity index (χ2n) is 5.53. The maximum absolute atomic E-state index is 9.62. The predicted octanol–water partition coefficient (Wildman–Crippen LogP) is 2.40. The smallest absolute Gasteiger partial charge is 0.168 e. The van der Waals surface area contributed by atoms with Gasteiger partial charge in [-0.15, -0.1) is 0 Å². The Morgan fingerprint density at radius 2 is 1.74 bits per heavy atom. The van der Waals surface area contributed by atoms with Crippen molar-refractivity contribution < 1.29 is 24.1 Å². The Bertz CT molecular complexity index is 365. The lowest BCUT2D eigenvalue weighted by Crippen LogP contribution is -2.60. The van der Waals surface area contributed by atoms with Gasteiger partial charge < -0.3 is 24.1 Å². The quantitative estimate of drug-likeness (QED) is 0.271. The van der Waals surface area contributed by atoms with E-state index in [2.05, 4.69) is 23.9 Å². The van der Waals surface area contributed by atoms with Crippen LogP contribution in [0.3, 0.4) is 0 Å². The van der Waals surface area contributed by atoms with Crippen molar-refractivity contribution in [1.82, 2.24) is 0 Å². The molecule has 1 fully saturated rings. The number of ether oxygens (including phenoxy) is 4. The molecule has 5 atom stereocenters. The van der Waals surface area contributed by atoms with Gasteiger partial charge in [0, 0.05) is 25.2 Å². The molecular formula is C15H29N3O5. The molecule has 0 aromatic rings. The summed E-state index contributed by atoms with van der Waals surface area (Å²) in [6.45, 7) is 4.99. The number of rotatable bonds is 11. The monoisotopic (exact) mass is 331 g/mol. The van der Waals surface area contributed by atoms with Gasteiger partial charge in [-0.2, -0.15) is 0 Å². The normalized spacial score (nSPS) is 30.9. The van der Waals surface area contributed by atoms with Gasteiger partial charge in [0.2, 0.25) is 0 Å². The highest BCUT2D eigenvalue weighted by Gasteiger charge is 2.47. The van der Waals surface area contributed by atoms with Gasteiger partial charge in [-0.25, -0.2) is 0 Å². The summed E-state index contributed by atoms with van der Waals surface area (Å²) in [5.74, 6) is 0. The number of methoxy groups -OCH3 is 1. The molecule has 134 valence electrons. The van der Waals surface area contributed by atoms with Gasteiger partial charge in [0.05, 0.1) is 12.7 Å². The van der Waals surface area contributed by atoms with Crippen molar-refractivity contribution in [3.8, 4) is 0 Å². The van der Waals surface area contributed by atoms with E-state index in [9.17, 15) is 5.11 Å². The van der Waals surface area contributed by atoms with Gasteiger partial charge in [-0.05, 0) is 18.4 Å². The number of azide groups is 1. The van der Waals surface area contributed by atoms with E-state index >= 15 is 0 Å². The minimum absolute atomic E-state index is 0.215. The zero-order valence-electron chi connectivity index (χ0n) is 14.3. The topological polar surface area (TPSA) is 106 Å².